The molecule has 0 radical (unpaired) electrons. The molecule has 1 fully saturated rings. The minimum absolute atomic E-state index is 0.645. The highest BCUT2D eigenvalue weighted by molar-refractivity contribution is 5.10. The van der Waals surface area contributed by atoms with Gasteiger partial charge in [0.1, 0.15) is 0 Å². The Kier molecular flexibility index (Phi) is 3.41. The van der Waals surface area contributed by atoms with Crippen LogP contribution in [0, 0.1) is 5.92 Å². The van der Waals surface area contributed by atoms with Crippen molar-refractivity contribution in [1.82, 2.24) is 15.3 Å². The van der Waals surface area contributed by atoms with Gasteiger partial charge >= 0.3 is 0 Å². The van der Waals surface area contributed by atoms with E-state index in [0.717, 1.165) is 12.5 Å². The summed E-state index contributed by atoms with van der Waals surface area (Å²) in [6, 6.07) is 0.646. The fourth-order valence-corrected chi connectivity index (χ4v) is 2.43. The maximum atomic E-state index is 4.11. The summed E-state index contributed by atoms with van der Waals surface area (Å²) < 4.78 is 0. The van der Waals surface area contributed by atoms with Crippen LogP contribution in [0.15, 0.2) is 12.5 Å². The second-order valence-electron chi connectivity index (χ2n) is 4.93. The van der Waals surface area contributed by atoms with Gasteiger partial charge in [0.05, 0.1) is 6.33 Å². The van der Waals surface area contributed by atoms with Gasteiger partial charge in [-0.1, -0.05) is 13.8 Å². The standard InChI is InChI=1S/C12H21N3/c1-9(2)3-4-11-10(5-6-14-11)12-7-13-8-15-12/h7-11,14H,3-6H2,1-2H3,(H,13,15)/t10-,11?/m1/s1. The predicted molar refractivity (Wildman–Crippen MR) is 61.8 cm³/mol. The van der Waals surface area contributed by atoms with Crippen molar-refractivity contribution in [3.05, 3.63) is 18.2 Å². The summed E-state index contributed by atoms with van der Waals surface area (Å²) >= 11 is 0. The molecule has 2 N–H and O–H groups in total. The number of hydrogen-bond donors (Lipinski definition) is 2. The van der Waals surface area contributed by atoms with Crippen LogP contribution in [0.3, 0.4) is 0 Å². The van der Waals surface area contributed by atoms with Crippen LogP contribution in [-0.2, 0) is 0 Å². The number of rotatable bonds is 4. The molecular formula is C12H21N3. The lowest BCUT2D eigenvalue weighted by molar-refractivity contribution is 0.441. The molecule has 0 aromatic carbocycles. The third kappa shape index (κ3) is 2.59. The minimum atomic E-state index is 0.645. The summed E-state index contributed by atoms with van der Waals surface area (Å²) in [5.41, 5.74) is 1.30. The van der Waals surface area contributed by atoms with Gasteiger partial charge in [0, 0.05) is 23.9 Å². The highest BCUT2D eigenvalue weighted by Crippen LogP contribution is 2.29. The fourth-order valence-electron chi connectivity index (χ4n) is 2.43. The lowest BCUT2D eigenvalue weighted by Crippen LogP contribution is -2.26. The average molecular weight is 207 g/mol. The van der Waals surface area contributed by atoms with Crippen LogP contribution in [0.5, 0.6) is 0 Å². The fraction of sp³-hybridized carbons (Fsp3) is 0.750. The van der Waals surface area contributed by atoms with Crippen molar-refractivity contribution in [2.75, 3.05) is 6.54 Å². The summed E-state index contributed by atoms with van der Waals surface area (Å²) in [6.07, 6.45) is 7.59. The average Bonchev–Trinajstić information content (AvgIpc) is 2.85. The summed E-state index contributed by atoms with van der Waals surface area (Å²) in [7, 11) is 0. The second-order valence-corrected chi connectivity index (χ2v) is 4.93. The Morgan fingerprint density at radius 1 is 1.53 bits per heavy atom. The molecule has 1 saturated heterocycles. The van der Waals surface area contributed by atoms with Crippen LogP contribution in [-0.4, -0.2) is 22.6 Å². The highest BCUT2D eigenvalue weighted by atomic mass is 15.0. The lowest BCUT2D eigenvalue weighted by atomic mass is 9.92. The molecule has 0 aliphatic carbocycles. The SMILES string of the molecule is CC(C)CCC1NCC[C@H]1c1cnc[nH]1. The van der Waals surface area contributed by atoms with E-state index in [4.69, 9.17) is 0 Å². The van der Waals surface area contributed by atoms with Crippen molar-refractivity contribution in [3.63, 3.8) is 0 Å². The first-order chi connectivity index (χ1) is 7.27. The Labute approximate surface area is 91.7 Å². The molecule has 1 aromatic heterocycles. The van der Waals surface area contributed by atoms with Gasteiger partial charge in [-0.05, 0) is 31.7 Å². The van der Waals surface area contributed by atoms with Gasteiger partial charge in [-0.3, -0.25) is 0 Å². The molecule has 0 bridgehead atoms. The first kappa shape index (κ1) is 10.7. The Bertz CT molecular complexity index is 279. The van der Waals surface area contributed by atoms with Crippen LogP contribution >= 0.6 is 0 Å². The molecule has 0 amide bonds. The van der Waals surface area contributed by atoms with Gasteiger partial charge in [-0.15, -0.1) is 0 Å². The lowest BCUT2D eigenvalue weighted by Gasteiger charge is -2.19. The summed E-state index contributed by atoms with van der Waals surface area (Å²) in [5.74, 6) is 1.45. The molecule has 1 aliphatic heterocycles. The van der Waals surface area contributed by atoms with E-state index in [1.54, 1.807) is 6.33 Å². The monoisotopic (exact) mass is 207 g/mol. The van der Waals surface area contributed by atoms with Crippen molar-refractivity contribution < 1.29 is 0 Å². The molecule has 0 spiro atoms. The van der Waals surface area contributed by atoms with Crippen LogP contribution < -0.4 is 5.32 Å². The molecule has 15 heavy (non-hydrogen) atoms. The van der Waals surface area contributed by atoms with Crippen LogP contribution in [0.25, 0.3) is 0 Å². The second kappa shape index (κ2) is 4.79. The summed E-state index contributed by atoms with van der Waals surface area (Å²) in [5, 5.41) is 3.60. The van der Waals surface area contributed by atoms with Crippen molar-refractivity contribution >= 4 is 0 Å². The summed E-state index contributed by atoms with van der Waals surface area (Å²) in [6.45, 7) is 5.73. The number of imidazole rings is 1. The molecular weight excluding hydrogens is 186 g/mol. The van der Waals surface area contributed by atoms with Gasteiger partial charge in [0.15, 0.2) is 0 Å². The van der Waals surface area contributed by atoms with Gasteiger partial charge in [-0.25, -0.2) is 4.98 Å². The maximum absolute atomic E-state index is 4.11. The largest absolute Gasteiger partial charge is 0.348 e. The van der Waals surface area contributed by atoms with E-state index >= 15 is 0 Å². The first-order valence-corrected chi connectivity index (χ1v) is 5.99. The molecule has 2 atom stereocenters. The van der Waals surface area contributed by atoms with Gasteiger partial charge in [0.25, 0.3) is 0 Å². The summed E-state index contributed by atoms with van der Waals surface area (Å²) in [4.78, 5) is 7.36. The van der Waals surface area contributed by atoms with Crippen molar-refractivity contribution in [3.8, 4) is 0 Å². The van der Waals surface area contributed by atoms with E-state index < -0.39 is 0 Å². The van der Waals surface area contributed by atoms with Crippen LogP contribution in [0.2, 0.25) is 0 Å². The highest BCUT2D eigenvalue weighted by Gasteiger charge is 2.28. The Hall–Kier alpha value is -0.830. The molecule has 3 heteroatoms. The third-order valence-electron chi connectivity index (χ3n) is 3.32. The third-order valence-corrected chi connectivity index (χ3v) is 3.32. The quantitative estimate of drug-likeness (QED) is 0.795. The van der Waals surface area contributed by atoms with Gasteiger partial charge < -0.3 is 10.3 Å². The number of hydrogen-bond acceptors (Lipinski definition) is 2. The zero-order valence-electron chi connectivity index (χ0n) is 9.66. The van der Waals surface area contributed by atoms with Gasteiger partial charge in [0.2, 0.25) is 0 Å². The number of H-pyrrole nitrogens is 1. The van der Waals surface area contributed by atoms with Crippen LogP contribution in [0.4, 0.5) is 0 Å². The minimum Gasteiger partial charge on any atom is -0.348 e. The molecule has 1 aromatic rings. The predicted octanol–water partition coefficient (Wildman–Crippen LogP) is 2.29. The van der Waals surface area contributed by atoms with E-state index in [-0.39, 0.29) is 0 Å². The maximum Gasteiger partial charge on any atom is 0.0921 e. The molecule has 2 rings (SSSR count). The zero-order valence-corrected chi connectivity index (χ0v) is 9.66. The first-order valence-electron chi connectivity index (χ1n) is 5.99. The van der Waals surface area contributed by atoms with Crippen LogP contribution in [0.1, 0.15) is 44.7 Å². The molecule has 2 heterocycles. The molecule has 3 nitrogen and oxygen atoms in total. The van der Waals surface area contributed by atoms with Gasteiger partial charge in [-0.2, -0.15) is 0 Å². The number of nitrogens with zero attached hydrogens (tertiary/aromatic N) is 1. The van der Waals surface area contributed by atoms with E-state index in [9.17, 15) is 0 Å². The van der Waals surface area contributed by atoms with E-state index in [1.165, 1.54) is 25.0 Å². The van der Waals surface area contributed by atoms with Crippen molar-refractivity contribution in [1.29, 1.82) is 0 Å². The van der Waals surface area contributed by atoms with E-state index in [1.807, 2.05) is 6.20 Å². The Morgan fingerprint density at radius 3 is 3.07 bits per heavy atom. The number of aromatic amines is 1. The number of nitrogens with one attached hydrogen (secondary N) is 2. The molecule has 1 aliphatic rings. The molecule has 0 saturated carbocycles. The van der Waals surface area contributed by atoms with E-state index in [0.29, 0.717) is 12.0 Å². The normalized spacial score (nSPS) is 26.3. The Morgan fingerprint density at radius 2 is 2.40 bits per heavy atom. The Balaban J connectivity index is 1.93. The van der Waals surface area contributed by atoms with Crippen molar-refractivity contribution in [2.24, 2.45) is 5.92 Å². The topological polar surface area (TPSA) is 40.7 Å². The number of aromatic nitrogens is 2. The van der Waals surface area contributed by atoms with Crippen molar-refractivity contribution in [2.45, 2.75) is 45.1 Å². The smallest absolute Gasteiger partial charge is 0.0921 e. The zero-order chi connectivity index (χ0) is 10.7. The van der Waals surface area contributed by atoms with E-state index in [2.05, 4.69) is 29.1 Å². The molecule has 84 valence electrons. The molecule has 1 unspecified atom stereocenters.